The third-order valence-electron chi connectivity index (χ3n) is 1.79. The maximum absolute atomic E-state index is 5.65. The van der Waals surface area contributed by atoms with Gasteiger partial charge in [0.25, 0.3) is 0 Å². The Hall–Kier alpha value is -0.670. The van der Waals surface area contributed by atoms with Crippen LogP contribution in [0.1, 0.15) is 13.8 Å². The predicted octanol–water partition coefficient (Wildman–Crippen LogP) is 2.56. The Bertz CT molecular complexity index is 256. The van der Waals surface area contributed by atoms with Crippen LogP contribution in [-0.2, 0) is 0 Å². The van der Waals surface area contributed by atoms with Crippen LogP contribution in [0.15, 0.2) is 29.2 Å². The number of nitrogens with two attached hydrogens (primary N) is 1. The van der Waals surface area contributed by atoms with Crippen molar-refractivity contribution in [2.24, 2.45) is 5.73 Å². The summed E-state index contributed by atoms with van der Waals surface area (Å²) in [5.41, 5.74) is 6.79. The molecular weight excluding hydrogens is 192 g/mol. The molecule has 0 heterocycles. The molecule has 0 aliphatic heterocycles. The van der Waals surface area contributed by atoms with Crippen LogP contribution in [0.2, 0.25) is 0 Å². The molecule has 0 amide bonds. The van der Waals surface area contributed by atoms with Crippen LogP contribution in [0.3, 0.4) is 0 Å². The number of rotatable bonds is 5. The number of hydrogen-bond acceptors (Lipinski definition) is 3. The smallest absolute Gasteiger partial charge is 0.0341 e. The Morgan fingerprint density at radius 1 is 1.36 bits per heavy atom. The molecule has 0 aliphatic carbocycles. The van der Waals surface area contributed by atoms with Gasteiger partial charge in [-0.2, -0.15) is 0 Å². The SMILES string of the molecule is CCSc1ccc(NCC(C)N)cc1. The molecule has 0 saturated heterocycles. The average molecular weight is 210 g/mol. The van der Waals surface area contributed by atoms with Crippen molar-refractivity contribution in [3.05, 3.63) is 24.3 Å². The van der Waals surface area contributed by atoms with Gasteiger partial charge in [-0.15, -0.1) is 11.8 Å². The Kier molecular flexibility index (Phi) is 4.84. The molecule has 0 fully saturated rings. The summed E-state index contributed by atoms with van der Waals surface area (Å²) in [6.07, 6.45) is 0. The molecule has 0 saturated carbocycles. The lowest BCUT2D eigenvalue weighted by Gasteiger charge is -2.09. The van der Waals surface area contributed by atoms with E-state index in [9.17, 15) is 0 Å². The lowest BCUT2D eigenvalue weighted by molar-refractivity contribution is 0.780. The zero-order valence-electron chi connectivity index (χ0n) is 8.79. The van der Waals surface area contributed by atoms with E-state index in [0.29, 0.717) is 0 Å². The lowest BCUT2D eigenvalue weighted by Crippen LogP contribution is -2.25. The van der Waals surface area contributed by atoms with Gasteiger partial charge in [0.2, 0.25) is 0 Å². The molecule has 1 unspecified atom stereocenters. The summed E-state index contributed by atoms with van der Waals surface area (Å²) in [4.78, 5) is 1.32. The summed E-state index contributed by atoms with van der Waals surface area (Å²) in [7, 11) is 0. The van der Waals surface area contributed by atoms with Gasteiger partial charge in [0.05, 0.1) is 0 Å². The molecule has 0 spiro atoms. The van der Waals surface area contributed by atoms with E-state index in [0.717, 1.165) is 18.0 Å². The van der Waals surface area contributed by atoms with Crippen LogP contribution >= 0.6 is 11.8 Å². The Balaban J connectivity index is 2.46. The second-order valence-corrected chi connectivity index (χ2v) is 4.65. The second kappa shape index (κ2) is 5.94. The van der Waals surface area contributed by atoms with Gasteiger partial charge in [-0.25, -0.2) is 0 Å². The number of hydrogen-bond donors (Lipinski definition) is 2. The zero-order valence-corrected chi connectivity index (χ0v) is 9.60. The van der Waals surface area contributed by atoms with Gasteiger partial charge >= 0.3 is 0 Å². The van der Waals surface area contributed by atoms with Crippen molar-refractivity contribution in [1.29, 1.82) is 0 Å². The van der Waals surface area contributed by atoms with Gasteiger partial charge in [0.1, 0.15) is 0 Å². The standard InChI is InChI=1S/C11H18N2S/c1-3-14-11-6-4-10(5-7-11)13-8-9(2)12/h4-7,9,13H,3,8,12H2,1-2H3. The number of benzene rings is 1. The van der Waals surface area contributed by atoms with Crippen molar-refractivity contribution in [1.82, 2.24) is 0 Å². The normalized spacial score (nSPS) is 12.5. The summed E-state index contributed by atoms with van der Waals surface area (Å²) in [6, 6.07) is 8.66. The maximum atomic E-state index is 5.65. The minimum Gasteiger partial charge on any atom is -0.383 e. The third kappa shape index (κ3) is 4.03. The third-order valence-corrected chi connectivity index (χ3v) is 2.69. The van der Waals surface area contributed by atoms with Crippen molar-refractivity contribution in [2.75, 3.05) is 17.6 Å². The van der Waals surface area contributed by atoms with Crippen molar-refractivity contribution >= 4 is 17.4 Å². The highest BCUT2D eigenvalue weighted by molar-refractivity contribution is 7.99. The molecule has 1 rings (SSSR count). The van der Waals surface area contributed by atoms with Gasteiger partial charge in [-0.05, 0) is 36.9 Å². The first-order valence-electron chi connectivity index (χ1n) is 4.94. The quantitative estimate of drug-likeness (QED) is 0.734. The van der Waals surface area contributed by atoms with Crippen molar-refractivity contribution in [3.63, 3.8) is 0 Å². The fourth-order valence-corrected chi connectivity index (χ4v) is 1.78. The molecule has 3 N–H and O–H groups in total. The molecule has 78 valence electrons. The summed E-state index contributed by atoms with van der Waals surface area (Å²) in [5.74, 6) is 1.12. The number of nitrogens with one attached hydrogen (secondary N) is 1. The van der Waals surface area contributed by atoms with Gasteiger partial charge in [0.15, 0.2) is 0 Å². The van der Waals surface area contributed by atoms with Crippen LogP contribution in [-0.4, -0.2) is 18.3 Å². The van der Waals surface area contributed by atoms with E-state index >= 15 is 0 Å². The number of thioether (sulfide) groups is 1. The average Bonchev–Trinajstić information content (AvgIpc) is 2.17. The molecule has 1 aromatic rings. The summed E-state index contributed by atoms with van der Waals surface area (Å²) < 4.78 is 0. The van der Waals surface area contributed by atoms with Gasteiger partial charge in [-0.3, -0.25) is 0 Å². The Morgan fingerprint density at radius 3 is 2.50 bits per heavy atom. The largest absolute Gasteiger partial charge is 0.383 e. The first kappa shape index (κ1) is 11.4. The first-order chi connectivity index (χ1) is 6.72. The molecule has 1 aromatic carbocycles. The van der Waals surface area contributed by atoms with Crippen molar-refractivity contribution in [3.8, 4) is 0 Å². The molecular formula is C11H18N2S. The highest BCUT2D eigenvalue weighted by Gasteiger charge is 1.95. The molecule has 3 heteroatoms. The van der Waals surface area contributed by atoms with Crippen LogP contribution in [0.5, 0.6) is 0 Å². The highest BCUT2D eigenvalue weighted by atomic mass is 32.2. The van der Waals surface area contributed by atoms with Gasteiger partial charge in [0, 0.05) is 23.2 Å². The Morgan fingerprint density at radius 2 is 2.00 bits per heavy atom. The fourth-order valence-electron chi connectivity index (χ4n) is 1.11. The second-order valence-electron chi connectivity index (χ2n) is 3.32. The molecule has 0 bridgehead atoms. The molecule has 2 nitrogen and oxygen atoms in total. The Labute approximate surface area is 90.3 Å². The van der Waals surface area contributed by atoms with E-state index in [4.69, 9.17) is 5.73 Å². The molecule has 1 atom stereocenters. The fraction of sp³-hybridized carbons (Fsp3) is 0.455. The molecule has 0 aromatic heterocycles. The summed E-state index contributed by atoms with van der Waals surface area (Å²) in [5, 5.41) is 3.28. The highest BCUT2D eigenvalue weighted by Crippen LogP contribution is 2.19. The predicted molar refractivity (Wildman–Crippen MR) is 65.0 cm³/mol. The zero-order chi connectivity index (χ0) is 10.4. The molecule has 0 aliphatic rings. The van der Waals surface area contributed by atoms with E-state index in [1.54, 1.807) is 0 Å². The van der Waals surface area contributed by atoms with Crippen molar-refractivity contribution < 1.29 is 0 Å². The van der Waals surface area contributed by atoms with E-state index in [-0.39, 0.29) is 6.04 Å². The monoisotopic (exact) mass is 210 g/mol. The minimum absolute atomic E-state index is 0.194. The maximum Gasteiger partial charge on any atom is 0.0341 e. The first-order valence-corrected chi connectivity index (χ1v) is 5.93. The van der Waals surface area contributed by atoms with Crippen LogP contribution < -0.4 is 11.1 Å². The lowest BCUT2D eigenvalue weighted by atomic mass is 10.3. The van der Waals surface area contributed by atoms with Crippen LogP contribution in [0.4, 0.5) is 5.69 Å². The van der Waals surface area contributed by atoms with E-state index in [1.807, 2.05) is 18.7 Å². The van der Waals surface area contributed by atoms with E-state index < -0.39 is 0 Å². The van der Waals surface area contributed by atoms with E-state index in [2.05, 4.69) is 36.5 Å². The minimum atomic E-state index is 0.194. The summed E-state index contributed by atoms with van der Waals surface area (Å²) >= 11 is 1.86. The van der Waals surface area contributed by atoms with Crippen LogP contribution in [0.25, 0.3) is 0 Å². The topological polar surface area (TPSA) is 38.0 Å². The molecule has 14 heavy (non-hydrogen) atoms. The molecule has 0 radical (unpaired) electrons. The summed E-state index contributed by atoms with van der Waals surface area (Å²) in [6.45, 7) is 4.97. The van der Waals surface area contributed by atoms with Crippen LogP contribution in [0, 0.1) is 0 Å². The van der Waals surface area contributed by atoms with Gasteiger partial charge < -0.3 is 11.1 Å². The number of anilines is 1. The van der Waals surface area contributed by atoms with Crippen molar-refractivity contribution in [2.45, 2.75) is 24.8 Å². The van der Waals surface area contributed by atoms with Gasteiger partial charge in [-0.1, -0.05) is 6.92 Å². The van der Waals surface area contributed by atoms with E-state index in [1.165, 1.54) is 4.90 Å².